The zero-order valence-electron chi connectivity index (χ0n) is 32.6. The molecule has 10 nitrogen and oxygen atoms in total. The molecule has 0 aromatic heterocycles. The first-order valence-corrected chi connectivity index (χ1v) is 18.3. The lowest BCUT2D eigenvalue weighted by atomic mass is 9.84. The van der Waals surface area contributed by atoms with E-state index in [1.165, 1.54) is 25.3 Å². The van der Waals surface area contributed by atoms with Crippen molar-refractivity contribution < 1.29 is 24.0 Å². The molecule has 5 atom stereocenters. The summed E-state index contributed by atoms with van der Waals surface area (Å²) in [5, 5.41) is 10.1. The van der Waals surface area contributed by atoms with E-state index in [1.807, 2.05) is 37.0 Å². The summed E-state index contributed by atoms with van der Waals surface area (Å²) in [4.78, 5) is 60.2. The number of Topliss-reactive ketones (excluding diaryl/α,β-unsaturated/α-hetero) is 1. The Balaban J connectivity index is -0.000000757. The third-order valence-electron chi connectivity index (χ3n) is 7.46. The number of unbranched alkanes of at least 4 members (excludes halogenated alkanes) is 1. The van der Waals surface area contributed by atoms with E-state index in [0.717, 1.165) is 31.4 Å². The van der Waals surface area contributed by atoms with Gasteiger partial charge in [0.05, 0.1) is 6.04 Å². The second kappa shape index (κ2) is 33.4. The van der Waals surface area contributed by atoms with Gasteiger partial charge in [-0.25, -0.2) is 4.79 Å². The summed E-state index contributed by atoms with van der Waals surface area (Å²) in [6.07, 6.45) is 23.0. The van der Waals surface area contributed by atoms with Crippen molar-refractivity contribution in [2.75, 3.05) is 20.1 Å². The number of terminal acetylenes is 1. The van der Waals surface area contributed by atoms with Crippen LogP contribution in [0.4, 0.5) is 4.79 Å². The van der Waals surface area contributed by atoms with Crippen molar-refractivity contribution in [1.29, 1.82) is 0 Å². The average molecular weight is 700 g/mol. The van der Waals surface area contributed by atoms with Crippen LogP contribution in [0.3, 0.4) is 0 Å². The number of rotatable bonds is 12. The minimum absolute atomic E-state index is 0.0208. The molecule has 1 aliphatic carbocycles. The molecule has 1 heterocycles. The third-order valence-corrected chi connectivity index (χ3v) is 7.46. The summed E-state index contributed by atoms with van der Waals surface area (Å²) in [5.41, 5.74) is 0.981. The number of carbonyl (C=O) groups excluding carboxylic acids is 5. The molecule has 5 amide bonds. The third kappa shape index (κ3) is 23.3. The molecular formula is C40H69N5O5. The lowest BCUT2D eigenvalue weighted by Crippen LogP contribution is -2.55. The number of allylic oxidation sites excluding steroid dienone is 5. The van der Waals surface area contributed by atoms with Gasteiger partial charge >= 0.3 is 6.03 Å². The van der Waals surface area contributed by atoms with Gasteiger partial charge in [-0.3, -0.25) is 19.2 Å². The summed E-state index contributed by atoms with van der Waals surface area (Å²) in [7, 11) is 1.57. The molecule has 1 aliphatic heterocycles. The molecule has 0 radical (unpaired) electrons. The maximum Gasteiger partial charge on any atom is 0.315 e. The molecule has 50 heavy (non-hydrogen) atoms. The standard InChI is InChI=1S/C20H31N3O2.C11H14N2O3.C4H10.C3H8.C2H6/c1-14-8-5-6-9-15(2)13-17(12-14)18(22-20(25)21-4)19(24)23-11-7-10-16(23)3;1-3-5-6-9(13-8-14)10(15)11(16)12-7-4-2;1-3-4-2;1-3-2;1-2/h5-6,8-9,15-18H,1,7,10-13H2,2-4H3,(H2,21,22,25);1,4,8-9H,2,5-7H2,(H,12,16)(H,13,14);3-4H2,1-2H3;3H2,1-2H3;1-2H3/b8-5-,9-6-;;;;. The maximum absolute atomic E-state index is 13.2. The molecule has 10 heteroatoms. The van der Waals surface area contributed by atoms with Crippen molar-refractivity contribution in [1.82, 2.24) is 26.2 Å². The summed E-state index contributed by atoms with van der Waals surface area (Å²) in [5.74, 6) is 1.27. The molecular weight excluding hydrogens is 630 g/mol. The van der Waals surface area contributed by atoms with Crippen LogP contribution in [0.5, 0.6) is 0 Å². The smallest absolute Gasteiger partial charge is 0.315 e. The van der Waals surface area contributed by atoms with E-state index in [0.29, 0.717) is 25.2 Å². The summed E-state index contributed by atoms with van der Waals surface area (Å²) in [6.45, 7) is 25.3. The largest absolute Gasteiger partial charge is 0.348 e. The molecule has 5 unspecified atom stereocenters. The highest BCUT2D eigenvalue weighted by molar-refractivity contribution is 6.38. The highest BCUT2D eigenvalue weighted by atomic mass is 16.2. The van der Waals surface area contributed by atoms with Gasteiger partial charge in [-0.1, -0.05) is 110 Å². The number of nitrogens with one attached hydrogen (secondary N) is 4. The molecule has 2 aliphatic rings. The molecule has 284 valence electrons. The van der Waals surface area contributed by atoms with Crippen molar-refractivity contribution in [3.05, 3.63) is 49.1 Å². The van der Waals surface area contributed by atoms with E-state index < -0.39 is 23.8 Å². The Bertz CT molecular complexity index is 1090. The zero-order chi connectivity index (χ0) is 38.9. The van der Waals surface area contributed by atoms with Crippen LogP contribution in [0.1, 0.15) is 113 Å². The molecule has 1 fully saturated rings. The Morgan fingerprint density at radius 3 is 2.20 bits per heavy atom. The van der Waals surface area contributed by atoms with Gasteiger partial charge in [0.1, 0.15) is 6.04 Å². The van der Waals surface area contributed by atoms with Crippen molar-refractivity contribution in [2.45, 2.75) is 131 Å². The Labute approximate surface area is 304 Å². The second-order valence-electron chi connectivity index (χ2n) is 12.0. The number of carbonyl (C=O) groups is 5. The van der Waals surface area contributed by atoms with Crippen LogP contribution >= 0.6 is 0 Å². The highest BCUT2D eigenvalue weighted by Gasteiger charge is 2.37. The molecule has 0 bridgehead atoms. The van der Waals surface area contributed by atoms with Crippen molar-refractivity contribution in [2.24, 2.45) is 11.8 Å². The first-order valence-electron chi connectivity index (χ1n) is 18.3. The van der Waals surface area contributed by atoms with Crippen molar-refractivity contribution in [3.8, 4) is 12.3 Å². The molecule has 0 spiro atoms. The topological polar surface area (TPSA) is 137 Å². The van der Waals surface area contributed by atoms with E-state index >= 15 is 0 Å². The summed E-state index contributed by atoms with van der Waals surface area (Å²) in [6, 6.07) is -1.47. The number of amides is 5. The van der Waals surface area contributed by atoms with E-state index in [9.17, 15) is 24.0 Å². The minimum atomic E-state index is -0.863. The molecule has 1 saturated heterocycles. The fraction of sp³-hybridized carbons (Fsp3) is 0.625. The molecule has 0 aromatic rings. The maximum atomic E-state index is 13.2. The Kier molecular flexibility index (Phi) is 33.5. The average Bonchev–Trinajstić information content (AvgIpc) is 3.58. The Morgan fingerprint density at radius 1 is 1.10 bits per heavy atom. The number of likely N-dealkylation sites (tertiary alicyclic amines) is 1. The SMILES string of the molecule is C#CCCC(NC=O)C(=O)C(=O)NCC=C.C=C1/C=C\C=C/C(C)CC(C(NC(=O)NC)C(=O)N2CCCC2C)C1.CC.CCC.CCCC. The van der Waals surface area contributed by atoms with E-state index in [4.69, 9.17) is 6.42 Å². The van der Waals surface area contributed by atoms with Gasteiger partial charge in [0, 0.05) is 32.6 Å². The van der Waals surface area contributed by atoms with Crippen LogP contribution in [0.2, 0.25) is 0 Å². The lowest BCUT2D eigenvalue weighted by Gasteiger charge is -2.33. The quantitative estimate of drug-likeness (QED) is 0.0784. The predicted molar refractivity (Wildman–Crippen MR) is 208 cm³/mol. The summed E-state index contributed by atoms with van der Waals surface area (Å²) < 4.78 is 0. The van der Waals surface area contributed by atoms with E-state index in [1.54, 1.807) is 7.05 Å². The van der Waals surface area contributed by atoms with Gasteiger partial charge in [-0.05, 0) is 50.9 Å². The van der Waals surface area contributed by atoms with E-state index in [-0.39, 0.29) is 36.9 Å². The number of ketones is 1. The monoisotopic (exact) mass is 700 g/mol. The Hall–Kier alpha value is -4.13. The van der Waals surface area contributed by atoms with Crippen LogP contribution in [0, 0.1) is 24.2 Å². The second-order valence-corrected chi connectivity index (χ2v) is 12.0. The number of hydrogen-bond donors (Lipinski definition) is 4. The van der Waals surface area contributed by atoms with Crippen LogP contribution in [-0.2, 0) is 19.2 Å². The fourth-order valence-electron chi connectivity index (χ4n) is 4.79. The number of hydrogen-bond acceptors (Lipinski definition) is 5. The molecule has 4 N–H and O–H groups in total. The van der Waals surface area contributed by atoms with Gasteiger partial charge in [-0.15, -0.1) is 18.9 Å². The molecule has 0 saturated carbocycles. The van der Waals surface area contributed by atoms with Crippen LogP contribution in [0.15, 0.2) is 49.1 Å². The van der Waals surface area contributed by atoms with Gasteiger partial charge < -0.3 is 26.2 Å². The fourth-order valence-corrected chi connectivity index (χ4v) is 4.79. The normalized spacial score (nSPS) is 19.8. The van der Waals surface area contributed by atoms with Crippen LogP contribution in [0.25, 0.3) is 0 Å². The predicted octanol–water partition coefficient (Wildman–Crippen LogP) is 6.64. The van der Waals surface area contributed by atoms with Gasteiger partial charge in [-0.2, -0.15) is 0 Å². The minimum Gasteiger partial charge on any atom is -0.348 e. The Morgan fingerprint density at radius 2 is 1.72 bits per heavy atom. The van der Waals surface area contributed by atoms with Gasteiger partial charge in [0.2, 0.25) is 18.1 Å². The lowest BCUT2D eigenvalue weighted by molar-refractivity contribution is -0.139. The first-order chi connectivity index (χ1) is 23.9. The molecule has 0 aromatic carbocycles. The van der Waals surface area contributed by atoms with Crippen molar-refractivity contribution in [3.63, 3.8) is 0 Å². The molecule has 2 rings (SSSR count). The van der Waals surface area contributed by atoms with Gasteiger partial charge in [0.15, 0.2) is 0 Å². The van der Waals surface area contributed by atoms with Gasteiger partial charge in [0.25, 0.3) is 5.91 Å². The number of nitrogens with zero attached hydrogens (tertiary/aromatic N) is 1. The van der Waals surface area contributed by atoms with Crippen LogP contribution < -0.4 is 21.3 Å². The zero-order valence-corrected chi connectivity index (χ0v) is 32.6. The summed E-state index contributed by atoms with van der Waals surface area (Å²) >= 11 is 0. The van der Waals surface area contributed by atoms with Crippen LogP contribution in [-0.4, -0.2) is 73.2 Å². The number of urea groups is 1. The first kappa shape index (κ1) is 50.2. The highest BCUT2D eigenvalue weighted by Crippen LogP contribution is 2.28. The van der Waals surface area contributed by atoms with Crippen molar-refractivity contribution >= 4 is 30.0 Å². The van der Waals surface area contributed by atoms with E-state index in [2.05, 4.69) is 88.0 Å².